The van der Waals surface area contributed by atoms with Crippen LogP contribution in [0.1, 0.15) is 31.0 Å². The van der Waals surface area contributed by atoms with Crippen molar-refractivity contribution >= 4 is 28.2 Å². The molecule has 1 amide bonds. The first-order valence-corrected chi connectivity index (χ1v) is 14.9. The Hall–Kier alpha value is -3.85. The Morgan fingerprint density at radius 1 is 1.10 bits per heavy atom. The van der Waals surface area contributed by atoms with Crippen molar-refractivity contribution in [1.29, 1.82) is 0 Å². The number of rotatable bonds is 8. The second-order valence-electron chi connectivity index (χ2n) is 11.3. The van der Waals surface area contributed by atoms with Gasteiger partial charge in [-0.25, -0.2) is 0 Å². The van der Waals surface area contributed by atoms with Gasteiger partial charge in [-0.2, -0.15) is 9.97 Å². The van der Waals surface area contributed by atoms with E-state index in [1.54, 1.807) is 0 Å². The van der Waals surface area contributed by atoms with Crippen molar-refractivity contribution < 1.29 is 14.6 Å². The molecule has 9 heteroatoms. The molecule has 2 fully saturated rings. The minimum Gasteiger partial charge on any atom is -0.508 e. The van der Waals surface area contributed by atoms with E-state index >= 15 is 0 Å². The Bertz CT molecular complexity index is 1420. The molecule has 0 aliphatic carbocycles. The minimum absolute atomic E-state index is 0.0282. The molecule has 3 aliphatic rings. The number of piperazine rings is 1. The third-order valence-electron chi connectivity index (χ3n) is 8.84. The highest BCUT2D eigenvalue weighted by Crippen LogP contribution is 2.36. The number of amides is 1. The number of aromatic hydroxyl groups is 1. The van der Waals surface area contributed by atoms with Crippen LogP contribution in [-0.2, 0) is 17.8 Å². The van der Waals surface area contributed by atoms with Crippen LogP contribution in [0, 0.1) is 5.92 Å². The Morgan fingerprint density at radius 2 is 1.93 bits per heavy atom. The molecule has 2 saturated heterocycles. The van der Waals surface area contributed by atoms with Gasteiger partial charge in [-0.3, -0.25) is 9.69 Å². The highest BCUT2D eigenvalue weighted by Gasteiger charge is 2.29. The van der Waals surface area contributed by atoms with Crippen LogP contribution in [-0.4, -0.2) is 89.7 Å². The number of carbonyl (C=O) groups is 1. The standard InChI is InChI=1S/C32H40N6O3/c1-3-23-9-11-35(21-23)17-18-41-32-33-28-22-38(29-20-25(39)19-24-7-5-6-8-26(24)29)12-10-27(28)31(34-32)37-15-13-36(14-16-37)30(40)4-2/h4-8,19-20,23,39H,2-3,9-18,21-22H2,1H3. The number of anilines is 2. The number of phenols is 1. The lowest BCUT2D eigenvalue weighted by Gasteiger charge is -2.38. The largest absolute Gasteiger partial charge is 0.508 e. The van der Waals surface area contributed by atoms with Gasteiger partial charge in [0.1, 0.15) is 18.2 Å². The summed E-state index contributed by atoms with van der Waals surface area (Å²) in [5.74, 6) is 1.94. The molecule has 1 N–H and O–H groups in total. The summed E-state index contributed by atoms with van der Waals surface area (Å²) in [6.07, 6.45) is 4.66. The molecule has 41 heavy (non-hydrogen) atoms. The van der Waals surface area contributed by atoms with Crippen LogP contribution in [0.25, 0.3) is 10.8 Å². The van der Waals surface area contributed by atoms with E-state index in [1.807, 2.05) is 35.2 Å². The number of ether oxygens (including phenoxy) is 1. The summed E-state index contributed by atoms with van der Waals surface area (Å²) >= 11 is 0. The van der Waals surface area contributed by atoms with Crippen LogP contribution in [0.2, 0.25) is 0 Å². The van der Waals surface area contributed by atoms with Gasteiger partial charge in [0.25, 0.3) is 0 Å². The SMILES string of the molecule is C=CC(=O)N1CCN(c2nc(OCCN3CCC(CC)C3)nc3c2CCN(c2cc(O)cc4ccccc24)C3)CC1. The first-order chi connectivity index (χ1) is 20.0. The summed E-state index contributed by atoms with van der Waals surface area (Å²) in [4.78, 5) is 30.9. The third-order valence-corrected chi connectivity index (χ3v) is 8.84. The van der Waals surface area contributed by atoms with Crippen molar-refractivity contribution in [2.45, 2.75) is 32.7 Å². The molecule has 0 spiro atoms. The summed E-state index contributed by atoms with van der Waals surface area (Å²) in [6.45, 7) is 13.7. The van der Waals surface area contributed by atoms with E-state index < -0.39 is 0 Å². The predicted octanol–water partition coefficient (Wildman–Crippen LogP) is 3.84. The second kappa shape index (κ2) is 11.9. The van der Waals surface area contributed by atoms with Crippen LogP contribution < -0.4 is 14.5 Å². The van der Waals surface area contributed by atoms with Crippen LogP contribution in [0.15, 0.2) is 49.1 Å². The van der Waals surface area contributed by atoms with E-state index in [0.29, 0.717) is 45.3 Å². The molecule has 216 valence electrons. The average Bonchev–Trinajstić information content (AvgIpc) is 3.47. The van der Waals surface area contributed by atoms with E-state index in [-0.39, 0.29) is 11.7 Å². The Balaban J connectivity index is 1.26. The molecule has 3 aliphatic heterocycles. The number of aromatic nitrogens is 2. The van der Waals surface area contributed by atoms with E-state index in [9.17, 15) is 9.90 Å². The van der Waals surface area contributed by atoms with Crippen LogP contribution in [0.5, 0.6) is 11.8 Å². The van der Waals surface area contributed by atoms with Gasteiger partial charge >= 0.3 is 6.01 Å². The van der Waals surface area contributed by atoms with Gasteiger partial charge in [0.15, 0.2) is 0 Å². The monoisotopic (exact) mass is 556 g/mol. The Morgan fingerprint density at radius 3 is 2.71 bits per heavy atom. The highest BCUT2D eigenvalue weighted by atomic mass is 16.5. The normalized spacial score (nSPS) is 19.4. The number of fused-ring (bicyclic) bond motifs is 2. The number of hydrogen-bond acceptors (Lipinski definition) is 8. The molecule has 4 heterocycles. The Labute approximate surface area is 242 Å². The molecule has 0 bridgehead atoms. The predicted molar refractivity (Wildman–Crippen MR) is 162 cm³/mol. The lowest BCUT2D eigenvalue weighted by molar-refractivity contribution is -0.126. The average molecular weight is 557 g/mol. The van der Waals surface area contributed by atoms with E-state index in [1.165, 1.54) is 18.9 Å². The lowest BCUT2D eigenvalue weighted by Crippen LogP contribution is -2.49. The van der Waals surface area contributed by atoms with E-state index in [2.05, 4.69) is 34.3 Å². The molecule has 1 aromatic heterocycles. The number of nitrogens with zero attached hydrogens (tertiary/aromatic N) is 6. The van der Waals surface area contributed by atoms with Gasteiger partial charge in [0.05, 0.1) is 12.2 Å². The van der Waals surface area contributed by atoms with Gasteiger partial charge in [-0.15, -0.1) is 0 Å². The zero-order chi connectivity index (χ0) is 28.3. The molecule has 1 unspecified atom stereocenters. The topological polar surface area (TPSA) is 85.3 Å². The zero-order valence-corrected chi connectivity index (χ0v) is 24.0. The smallest absolute Gasteiger partial charge is 0.318 e. The maximum absolute atomic E-state index is 12.2. The fraction of sp³-hybridized carbons (Fsp3) is 0.469. The number of phenolic OH excluding ortho intramolecular Hbond substituents is 1. The minimum atomic E-state index is -0.0282. The molecular weight excluding hydrogens is 516 g/mol. The summed E-state index contributed by atoms with van der Waals surface area (Å²) in [5, 5.41) is 12.6. The van der Waals surface area contributed by atoms with E-state index in [0.717, 1.165) is 72.1 Å². The third kappa shape index (κ3) is 5.81. The molecule has 0 saturated carbocycles. The van der Waals surface area contributed by atoms with Crippen molar-refractivity contribution in [2.75, 3.05) is 68.8 Å². The van der Waals surface area contributed by atoms with Crippen molar-refractivity contribution in [2.24, 2.45) is 5.92 Å². The van der Waals surface area contributed by atoms with Crippen molar-refractivity contribution in [3.63, 3.8) is 0 Å². The van der Waals surface area contributed by atoms with E-state index in [4.69, 9.17) is 14.7 Å². The molecule has 0 radical (unpaired) electrons. The molecule has 3 aromatic rings. The fourth-order valence-electron chi connectivity index (χ4n) is 6.44. The van der Waals surface area contributed by atoms with Gasteiger partial charge in [0.2, 0.25) is 5.91 Å². The van der Waals surface area contributed by atoms with Gasteiger partial charge in [-0.1, -0.05) is 44.2 Å². The number of benzene rings is 2. The lowest BCUT2D eigenvalue weighted by atomic mass is 10.0. The maximum atomic E-state index is 12.2. The van der Waals surface area contributed by atoms with Gasteiger partial charge in [0, 0.05) is 68.5 Å². The van der Waals surface area contributed by atoms with Gasteiger partial charge < -0.3 is 24.5 Å². The van der Waals surface area contributed by atoms with Gasteiger partial charge in [-0.05, 0) is 42.8 Å². The van der Waals surface area contributed by atoms with Crippen LogP contribution in [0.4, 0.5) is 11.5 Å². The summed E-state index contributed by atoms with van der Waals surface area (Å²) in [7, 11) is 0. The van der Waals surface area contributed by atoms with Crippen molar-refractivity contribution in [1.82, 2.24) is 19.8 Å². The van der Waals surface area contributed by atoms with Crippen LogP contribution >= 0.6 is 0 Å². The molecule has 9 nitrogen and oxygen atoms in total. The fourth-order valence-corrected chi connectivity index (χ4v) is 6.44. The maximum Gasteiger partial charge on any atom is 0.318 e. The van der Waals surface area contributed by atoms with Crippen molar-refractivity contribution in [3.8, 4) is 11.8 Å². The molecule has 2 aromatic carbocycles. The second-order valence-corrected chi connectivity index (χ2v) is 11.3. The summed E-state index contributed by atoms with van der Waals surface area (Å²) in [6, 6.07) is 12.2. The summed E-state index contributed by atoms with van der Waals surface area (Å²) < 4.78 is 6.21. The molecular formula is C32H40N6O3. The molecule has 1 atom stereocenters. The highest BCUT2D eigenvalue weighted by molar-refractivity contribution is 5.95. The molecule has 6 rings (SSSR count). The van der Waals surface area contributed by atoms with Crippen LogP contribution in [0.3, 0.4) is 0 Å². The number of likely N-dealkylation sites (tertiary alicyclic amines) is 1. The zero-order valence-electron chi connectivity index (χ0n) is 24.0. The number of carbonyl (C=O) groups excluding carboxylic acids is 1. The number of hydrogen-bond donors (Lipinski definition) is 1. The van der Waals surface area contributed by atoms with Crippen molar-refractivity contribution in [3.05, 3.63) is 60.3 Å². The quantitative estimate of drug-likeness (QED) is 0.419. The first kappa shape index (κ1) is 27.3. The first-order valence-electron chi connectivity index (χ1n) is 14.9. The summed E-state index contributed by atoms with van der Waals surface area (Å²) in [5.41, 5.74) is 3.11. The Kier molecular flexibility index (Phi) is 7.96.